The lowest BCUT2D eigenvalue weighted by Crippen LogP contribution is -1.97. The van der Waals surface area contributed by atoms with E-state index in [9.17, 15) is 0 Å². The summed E-state index contributed by atoms with van der Waals surface area (Å²) in [6, 6.07) is 14.7. The number of hydrogen-bond donors (Lipinski definition) is 0. The van der Waals surface area contributed by atoms with Crippen LogP contribution in [0.25, 0.3) is 11.6 Å². The molecule has 22 heavy (non-hydrogen) atoms. The van der Waals surface area contributed by atoms with Gasteiger partial charge >= 0.3 is 0 Å². The standard InChI is InChI=1S/C21H25N/c1-17(8-13-20-7-5-6-16-22-20)19-11-9-18(10-12-19)14-15-21(2,3)4/h5-7,9-12,14-16H,1,8,13H2,2-4H3/b15-14+. The molecule has 2 aromatic rings. The monoisotopic (exact) mass is 291 g/mol. The predicted molar refractivity (Wildman–Crippen MR) is 96.5 cm³/mol. The molecule has 1 heterocycles. The Morgan fingerprint density at radius 1 is 1.09 bits per heavy atom. The first-order valence-corrected chi connectivity index (χ1v) is 7.81. The normalized spacial score (nSPS) is 11.8. The van der Waals surface area contributed by atoms with E-state index in [0.717, 1.165) is 24.1 Å². The molecule has 0 unspecified atom stereocenters. The van der Waals surface area contributed by atoms with E-state index in [-0.39, 0.29) is 5.41 Å². The molecule has 2 rings (SSSR count). The van der Waals surface area contributed by atoms with Crippen LogP contribution in [0.1, 0.15) is 44.0 Å². The van der Waals surface area contributed by atoms with Crippen LogP contribution < -0.4 is 0 Å². The highest BCUT2D eigenvalue weighted by Gasteiger charge is 2.04. The molecule has 114 valence electrons. The van der Waals surface area contributed by atoms with Crippen LogP contribution in [0.5, 0.6) is 0 Å². The first-order valence-electron chi connectivity index (χ1n) is 7.81. The molecule has 0 radical (unpaired) electrons. The van der Waals surface area contributed by atoms with Crippen LogP contribution in [0, 0.1) is 5.41 Å². The molecule has 0 bridgehead atoms. The minimum atomic E-state index is 0.213. The summed E-state index contributed by atoms with van der Waals surface area (Å²) in [6.45, 7) is 10.8. The third kappa shape index (κ3) is 5.33. The molecule has 1 nitrogen and oxygen atoms in total. The zero-order valence-corrected chi connectivity index (χ0v) is 13.8. The van der Waals surface area contributed by atoms with Crippen molar-refractivity contribution in [3.8, 4) is 0 Å². The summed E-state index contributed by atoms with van der Waals surface area (Å²) >= 11 is 0. The summed E-state index contributed by atoms with van der Waals surface area (Å²) in [6.07, 6.45) is 8.13. The zero-order chi connectivity index (χ0) is 16.0. The first kappa shape index (κ1) is 16.2. The van der Waals surface area contributed by atoms with E-state index in [2.05, 4.69) is 74.8 Å². The van der Waals surface area contributed by atoms with Crippen molar-refractivity contribution in [1.82, 2.24) is 4.98 Å². The smallest absolute Gasteiger partial charge is 0.0406 e. The molecule has 1 aromatic carbocycles. The van der Waals surface area contributed by atoms with Crippen LogP contribution in [0.3, 0.4) is 0 Å². The van der Waals surface area contributed by atoms with Crippen LogP contribution >= 0.6 is 0 Å². The Morgan fingerprint density at radius 3 is 2.41 bits per heavy atom. The van der Waals surface area contributed by atoms with Crippen molar-refractivity contribution < 1.29 is 0 Å². The number of hydrogen-bond acceptors (Lipinski definition) is 1. The molecule has 0 N–H and O–H groups in total. The minimum Gasteiger partial charge on any atom is -0.261 e. The molecule has 0 aliphatic heterocycles. The van der Waals surface area contributed by atoms with Gasteiger partial charge in [0.1, 0.15) is 0 Å². The number of aromatic nitrogens is 1. The van der Waals surface area contributed by atoms with E-state index in [1.807, 2.05) is 18.3 Å². The van der Waals surface area contributed by atoms with Crippen LogP contribution in [0.2, 0.25) is 0 Å². The lowest BCUT2D eigenvalue weighted by Gasteiger charge is -2.11. The number of pyridine rings is 1. The third-order valence-corrected chi connectivity index (χ3v) is 3.50. The molecular formula is C21H25N. The number of benzene rings is 1. The Morgan fingerprint density at radius 2 is 1.82 bits per heavy atom. The van der Waals surface area contributed by atoms with Crippen LogP contribution in [0.15, 0.2) is 61.3 Å². The molecule has 0 saturated carbocycles. The predicted octanol–water partition coefficient (Wildman–Crippen LogP) is 5.79. The SMILES string of the molecule is C=C(CCc1ccccn1)c1ccc(/C=C/C(C)(C)C)cc1. The Kier molecular flexibility index (Phi) is 5.32. The van der Waals surface area contributed by atoms with Crippen molar-refractivity contribution in [1.29, 1.82) is 0 Å². The van der Waals surface area contributed by atoms with E-state index >= 15 is 0 Å². The van der Waals surface area contributed by atoms with E-state index in [4.69, 9.17) is 0 Å². The van der Waals surface area contributed by atoms with E-state index in [1.165, 1.54) is 11.1 Å². The van der Waals surface area contributed by atoms with Gasteiger partial charge in [0.2, 0.25) is 0 Å². The summed E-state index contributed by atoms with van der Waals surface area (Å²) in [7, 11) is 0. The van der Waals surface area contributed by atoms with Crippen molar-refractivity contribution in [3.05, 3.63) is 78.1 Å². The van der Waals surface area contributed by atoms with Crippen LogP contribution in [-0.4, -0.2) is 4.98 Å². The van der Waals surface area contributed by atoms with Gasteiger partial charge in [0.15, 0.2) is 0 Å². The first-order chi connectivity index (χ1) is 10.4. The molecule has 0 saturated heterocycles. The van der Waals surface area contributed by atoms with Crippen molar-refractivity contribution >= 4 is 11.6 Å². The van der Waals surface area contributed by atoms with Gasteiger partial charge in [-0.15, -0.1) is 0 Å². The maximum Gasteiger partial charge on any atom is 0.0406 e. The van der Waals surface area contributed by atoms with Crippen molar-refractivity contribution in [2.24, 2.45) is 5.41 Å². The minimum absolute atomic E-state index is 0.213. The van der Waals surface area contributed by atoms with Crippen molar-refractivity contribution in [2.75, 3.05) is 0 Å². The lowest BCUT2D eigenvalue weighted by molar-refractivity contribution is 0.547. The average Bonchev–Trinajstić information content (AvgIpc) is 2.51. The van der Waals surface area contributed by atoms with Gasteiger partial charge in [-0.25, -0.2) is 0 Å². The molecule has 0 aliphatic carbocycles. The molecule has 0 aliphatic rings. The highest BCUT2D eigenvalue weighted by Crippen LogP contribution is 2.21. The van der Waals surface area contributed by atoms with Crippen LogP contribution in [-0.2, 0) is 6.42 Å². The largest absolute Gasteiger partial charge is 0.261 e. The number of nitrogens with zero attached hydrogens (tertiary/aromatic N) is 1. The van der Waals surface area contributed by atoms with E-state index in [1.54, 1.807) is 0 Å². The second kappa shape index (κ2) is 7.22. The number of allylic oxidation sites excluding steroid dienone is 2. The molecule has 0 amide bonds. The Balaban J connectivity index is 1.95. The van der Waals surface area contributed by atoms with Gasteiger partial charge in [-0.2, -0.15) is 0 Å². The second-order valence-corrected chi connectivity index (χ2v) is 6.75. The summed E-state index contributed by atoms with van der Waals surface area (Å²) in [5.74, 6) is 0. The van der Waals surface area contributed by atoms with Crippen molar-refractivity contribution in [2.45, 2.75) is 33.6 Å². The number of aryl methyl sites for hydroxylation is 1. The summed E-state index contributed by atoms with van der Waals surface area (Å²) in [4.78, 5) is 4.36. The highest BCUT2D eigenvalue weighted by atomic mass is 14.7. The number of rotatable bonds is 5. The molecule has 0 fully saturated rings. The van der Waals surface area contributed by atoms with Gasteiger partial charge in [0.05, 0.1) is 0 Å². The summed E-state index contributed by atoms with van der Waals surface area (Å²) in [5.41, 5.74) is 4.94. The average molecular weight is 291 g/mol. The molecule has 0 spiro atoms. The fraction of sp³-hybridized carbons (Fsp3) is 0.286. The maximum atomic E-state index is 4.36. The summed E-state index contributed by atoms with van der Waals surface area (Å²) in [5, 5.41) is 0. The molecule has 1 aromatic heterocycles. The Bertz CT molecular complexity index is 628. The van der Waals surface area contributed by atoms with E-state index < -0.39 is 0 Å². The van der Waals surface area contributed by atoms with Gasteiger partial charge in [0.25, 0.3) is 0 Å². The van der Waals surface area contributed by atoms with Crippen molar-refractivity contribution in [3.63, 3.8) is 0 Å². The third-order valence-electron chi connectivity index (χ3n) is 3.50. The molecule has 1 heteroatoms. The summed E-state index contributed by atoms with van der Waals surface area (Å²) < 4.78 is 0. The lowest BCUT2D eigenvalue weighted by atomic mass is 9.95. The van der Waals surface area contributed by atoms with Crippen LogP contribution in [0.4, 0.5) is 0 Å². The topological polar surface area (TPSA) is 12.9 Å². The second-order valence-electron chi connectivity index (χ2n) is 6.75. The highest BCUT2D eigenvalue weighted by molar-refractivity contribution is 5.65. The van der Waals surface area contributed by atoms with E-state index in [0.29, 0.717) is 0 Å². The fourth-order valence-electron chi connectivity index (χ4n) is 2.15. The Hall–Kier alpha value is -2.15. The Labute approximate surface area is 134 Å². The zero-order valence-electron chi connectivity index (χ0n) is 13.8. The van der Waals surface area contributed by atoms with Gasteiger partial charge in [-0.1, -0.05) is 69.8 Å². The molecule has 0 atom stereocenters. The molecular weight excluding hydrogens is 266 g/mol. The maximum absolute atomic E-state index is 4.36. The van der Waals surface area contributed by atoms with Gasteiger partial charge in [-0.05, 0) is 47.1 Å². The van der Waals surface area contributed by atoms with Gasteiger partial charge in [0, 0.05) is 11.9 Å². The fourth-order valence-corrected chi connectivity index (χ4v) is 2.15. The van der Waals surface area contributed by atoms with Gasteiger partial charge in [-0.3, -0.25) is 4.98 Å². The van der Waals surface area contributed by atoms with Gasteiger partial charge < -0.3 is 0 Å². The quantitative estimate of drug-likeness (QED) is 0.679.